The Morgan fingerprint density at radius 3 is 2.06 bits per heavy atom. The minimum absolute atomic E-state index is 0.0247. The molecule has 1 aliphatic heterocycles. The van der Waals surface area contributed by atoms with Crippen LogP contribution in [0.3, 0.4) is 0 Å². The van der Waals surface area contributed by atoms with E-state index in [0.29, 0.717) is 11.8 Å². The molecule has 196 valence electrons. The first kappa shape index (κ1) is 25.5. The van der Waals surface area contributed by atoms with Gasteiger partial charge in [-0.05, 0) is 124 Å². The molecule has 0 amide bonds. The van der Waals surface area contributed by atoms with Crippen LogP contribution in [0.1, 0.15) is 113 Å². The third-order valence-electron chi connectivity index (χ3n) is 13.0. The van der Waals surface area contributed by atoms with Gasteiger partial charge in [-0.1, -0.05) is 34.6 Å². The summed E-state index contributed by atoms with van der Waals surface area (Å²) in [6, 6.07) is 0. The van der Waals surface area contributed by atoms with Crippen molar-refractivity contribution in [3.05, 3.63) is 0 Å². The van der Waals surface area contributed by atoms with Crippen LogP contribution in [0.4, 0.5) is 0 Å². The van der Waals surface area contributed by atoms with Crippen LogP contribution in [0.2, 0.25) is 0 Å². The summed E-state index contributed by atoms with van der Waals surface area (Å²) in [5, 5.41) is 34.6. The molecular formula is C30H52O4. The Kier molecular flexibility index (Phi) is 5.59. The topological polar surface area (TPSA) is 69.9 Å². The smallest absolute Gasteiger partial charge is 0.0693 e. The zero-order valence-electron chi connectivity index (χ0n) is 23.2. The van der Waals surface area contributed by atoms with Crippen LogP contribution in [0, 0.1) is 45.3 Å². The first-order chi connectivity index (χ1) is 15.5. The summed E-state index contributed by atoms with van der Waals surface area (Å²) in [5.41, 5.74) is -0.739. The molecule has 5 fully saturated rings. The second-order valence-corrected chi connectivity index (χ2v) is 15.5. The molecule has 1 saturated heterocycles. The van der Waals surface area contributed by atoms with Gasteiger partial charge in [-0.2, -0.15) is 0 Å². The molecule has 3 N–H and O–H groups in total. The maximum absolute atomic E-state index is 11.9. The van der Waals surface area contributed by atoms with Crippen LogP contribution >= 0.6 is 0 Å². The average molecular weight is 477 g/mol. The summed E-state index contributed by atoms with van der Waals surface area (Å²) in [6.07, 6.45) is 7.79. The zero-order valence-corrected chi connectivity index (χ0v) is 23.2. The number of ether oxygens (including phenoxy) is 1. The molecule has 11 atom stereocenters. The summed E-state index contributed by atoms with van der Waals surface area (Å²) in [4.78, 5) is 0. The molecular weight excluding hydrogens is 424 g/mol. The first-order valence-corrected chi connectivity index (χ1v) is 14.3. The van der Waals surface area contributed by atoms with Crippen molar-refractivity contribution in [3.8, 4) is 0 Å². The maximum atomic E-state index is 11.9. The second-order valence-electron chi connectivity index (χ2n) is 15.5. The lowest BCUT2D eigenvalue weighted by molar-refractivity contribution is -0.279. The molecule has 4 aliphatic carbocycles. The third-order valence-corrected chi connectivity index (χ3v) is 13.0. The highest BCUT2D eigenvalue weighted by molar-refractivity contribution is 5.21. The predicted molar refractivity (Wildman–Crippen MR) is 135 cm³/mol. The Bertz CT molecular complexity index is 823. The highest BCUT2D eigenvalue weighted by atomic mass is 16.5. The molecule has 4 nitrogen and oxygen atoms in total. The quantitative estimate of drug-likeness (QED) is 0.453. The lowest BCUT2D eigenvalue weighted by Crippen LogP contribution is -2.70. The average Bonchev–Trinajstić information content (AvgIpc) is 3.07. The van der Waals surface area contributed by atoms with Crippen LogP contribution < -0.4 is 0 Å². The molecule has 4 heteroatoms. The van der Waals surface area contributed by atoms with E-state index in [2.05, 4.69) is 55.4 Å². The van der Waals surface area contributed by atoms with E-state index in [0.717, 1.165) is 51.4 Å². The molecule has 0 aromatic carbocycles. The second kappa shape index (κ2) is 7.45. The first-order valence-electron chi connectivity index (χ1n) is 14.3. The molecule has 0 aromatic heterocycles. The number of fused-ring (bicyclic) bond motifs is 5. The summed E-state index contributed by atoms with van der Waals surface area (Å²) in [6.45, 7) is 18.4. The van der Waals surface area contributed by atoms with Crippen LogP contribution in [0.15, 0.2) is 0 Å². The fourth-order valence-corrected chi connectivity index (χ4v) is 11.5. The summed E-state index contributed by atoms with van der Waals surface area (Å²) in [5.74, 6) is 0.984. The number of aliphatic hydroxyl groups is 3. The van der Waals surface area contributed by atoms with Gasteiger partial charge in [0.15, 0.2) is 0 Å². The van der Waals surface area contributed by atoms with Crippen LogP contribution in [0.25, 0.3) is 0 Å². The van der Waals surface area contributed by atoms with Crippen molar-refractivity contribution in [1.29, 1.82) is 0 Å². The maximum Gasteiger partial charge on any atom is 0.0693 e. The van der Waals surface area contributed by atoms with Gasteiger partial charge < -0.3 is 20.1 Å². The fraction of sp³-hybridized carbons (Fsp3) is 1.00. The van der Waals surface area contributed by atoms with Crippen LogP contribution in [-0.4, -0.2) is 44.8 Å². The van der Waals surface area contributed by atoms with Gasteiger partial charge in [0.2, 0.25) is 0 Å². The van der Waals surface area contributed by atoms with Crippen molar-refractivity contribution in [3.63, 3.8) is 0 Å². The van der Waals surface area contributed by atoms with Gasteiger partial charge in [-0.3, -0.25) is 0 Å². The highest BCUT2D eigenvalue weighted by Crippen LogP contribution is 2.76. The van der Waals surface area contributed by atoms with E-state index < -0.39 is 6.10 Å². The van der Waals surface area contributed by atoms with Gasteiger partial charge in [0, 0.05) is 0 Å². The largest absolute Gasteiger partial charge is 0.393 e. The number of hydrogen-bond acceptors (Lipinski definition) is 4. The lowest BCUT2D eigenvalue weighted by atomic mass is 9.34. The van der Waals surface area contributed by atoms with Gasteiger partial charge in [-0.25, -0.2) is 0 Å². The Morgan fingerprint density at radius 2 is 1.41 bits per heavy atom. The molecule has 0 aromatic rings. The number of aliphatic hydroxyl groups excluding tert-OH is 3. The summed E-state index contributed by atoms with van der Waals surface area (Å²) < 4.78 is 6.83. The Balaban J connectivity index is 1.54. The van der Waals surface area contributed by atoms with E-state index in [1.165, 1.54) is 6.42 Å². The summed E-state index contributed by atoms with van der Waals surface area (Å²) >= 11 is 0. The van der Waals surface area contributed by atoms with Crippen molar-refractivity contribution in [1.82, 2.24) is 0 Å². The fourth-order valence-electron chi connectivity index (χ4n) is 11.5. The van der Waals surface area contributed by atoms with Crippen molar-refractivity contribution in [2.75, 3.05) is 0 Å². The minimum Gasteiger partial charge on any atom is -0.393 e. The predicted octanol–water partition coefficient (Wildman–Crippen LogP) is 5.71. The highest BCUT2D eigenvalue weighted by Gasteiger charge is 2.73. The number of hydrogen-bond donors (Lipinski definition) is 3. The van der Waals surface area contributed by atoms with Gasteiger partial charge in [0.05, 0.1) is 29.5 Å². The van der Waals surface area contributed by atoms with E-state index in [4.69, 9.17) is 4.74 Å². The van der Waals surface area contributed by atoms with Crippen LogP contribution in [0.5, 0.6) is 0 Å². The summed E-state index contributed by atoms with van der Waals surface area (Å²) in [7, 11) is 0. The van der Waals surface area contributed by atoms with Crippen molar-refractivity contribution >= 4 is 0 Å². The van der Waals surface area contributed by atoms with Crippen molar-refractivity contribution < 1.29 is 20.1 Å². The van der Waals surface area contributed by atoms with E-state index in [1.54, 1.807) is 0 Å². The normalized spacial score (nSPS) is 58.5. The number of rotatable bonds is 1. The Hall–Kier alpha value is -0.160. The Labute approximate surface area is 208 Å². The molecule has 0 spiro atoms. The van der Waals surface area contributed by atoms with Crippen molar-refractivity contribution in [2.24, 2.45) is 45.3 Å². The lowest BCUT2D eigenvalue weighted by Gasteiger charge is -2.71. The van der Waals surface area contributed by atoms with Crippen molar-refractivity contribution in [2.45, 2.75) is 143 Å². The minimum atomic E-state index is -0.414. The molecule has 5 rings (SSSR count). The van der Waals surface area contributed by atoms with E-state index in [1.807, 2.05) is 0 Å². The monoisotopic (exact) mass is 476 g/mol. The molecule has 0 radical (unpaired) electrons. The van der Waals surface area contributed by atoms with Gasteiger partial charge in [0.1, 0.15) is 0 Å². The van der Waals surface area contributed by atoms with Gasteiger partial charge >= 0.3 is 0 Å². The molecule has 0 bridgehead atoms. The standard InChI is InChI=1S/C30H52O4/c1-25(2)12-9-13-30(8,34-25)18-10-15-28(6)23(18)19(31)16-21-27(5)14-11-22(33)26(3,4)24(27)20(32)17-29(21,28)7/h18-24,31-33H,9-17H2,1-8H3/t18?,19-,20+,21?,22+,23-,24?,27-,28-,29-,30+/m1/s1. The van der Waals surface area contributed by atoms with Gasteiger partial charge in [0.25, 0.3) is 0 Å². The van der Waals surface area contributed by atoms with E-state index in [9.17, 15) is 15.3 Å². The Morgan fingerprint density at radius 1 is 0.735 bits per heavy atom. The van der Waals surface area contributed by atoms with E-state index in [-0.39, 0.29) is 56.9 Å². The SMILES string of the molecule is CC1(C)CCC[C@@](C)(C2CC[C@]3(C)[C@H]2[C@H](O)CC2[C@@]4(C)CC[C@H](O)C(C)(C)C4[C@@H](O)C[C@]23C)O1. The molecule has 5 aliphatic rings. The molecule has 1 heterocycles. The third kappa shape index (κ3) is 3.16. The molecule has 4 saturated carbocycles. The van der Waals surface area contributed by atoms with Crippen LogP contribution in [-0.2, 0) is 4.74 Å². The van der Waals surface area contributed by atoms with Gasteiger partial charge in [-0.15, -0.1) is 0 Å². The van der Waals surface area contributed by atoms with E-state index >= 15 is 0 Å². The molecule has 3 unspecified atom stereocenters. The zero-order chi connectivity index (χ0) is 25.1. The molecule has 34 heavy (non-hydrogen) atoms.